The van der Waals surface area contributed by atoms with Gasteiger partial charge in [0.1, 0.15) is 5.75 Å². The average molecular weight is 308 g/mol. The van der Waals surface area contributed by atoms with E-state index >= 15 is 0 Å². The summed E-state index contributed by atoms with van der Waals surface area (Å²) in [6.07, 6.45) is 0.987. The number of aryl methyl sites for hydroxylation is 1. The fourth-order valence-electron chi connectivity index (χ4n) is 2.58. The molecule has 2 rings (SSSR count). The SMILES string of the molecule is C=C(C)C(=O)Oc1ccc(C(C)(CC)c2ccc(C)cc2)cc1. The molecule has 2 aromatic carbocycles. The van der Waals surface area contributed by atoms with Crippen molar-refractivity contribution in [3.8, 4) is 5.75 Å². The second-order valence-corrected chi connectivity index (χ2v) is 6.25. The number of ether oxygens (including phenoxy) is 1. The molecule has 120 valence electrons. The lowest BCUT2D eigenvalue weighted by Crippen LogP contribution is -2.22. The van der Waals surface area contributed by atoms with Gasteiger partial charge >= 0.3 is 5.97 Å². The second-order valence-electron chi connectivity index (χ2n) is 6.25. The van der Waals surface area contributed by atoms with Gasteiger partial charge in [-0.2, -0.15) is 0 Å². The van der Waals surface area contributed by atoms with Crippen LogP contribution in [0.1, 0.15) is 43.9 Å². The summed E-state index contributed by atoms with van der Waals surface area (Å²) in [6, 6.07) is 16.4. The van der Waals surface area contributed by atoms with Gasteiger partial charge in [0, 0.05) is 11.0 Å². The third kappa shape index (κ3) is 3.70. The van der Waals surface area contributed by atoms with Gasteiger partial charge in [-0.1, -0.05) is 62.4 Å². The van der Waals surface area contributed by atoms with E-state index in [4.69, 9.17) is 4.74 Å². The fraction of sp³-hybridized carbons (Fsp3) is 0.286. The molecule has 0 aromatic heterocycles. The second kappa shape index (κ2) is 6.82. The predicted molar refractivity (Wildman–Crippen MR) is 94.8 cm³/mol. The highest BCUT2D eigenvalue weighted by Gasteiger charge is 2.26. The molecule has 0 aliphatic heterocycles. The first kappa shape index (κ1) is 17.0. The topological polar surface area (TPSA) is 26.3 Å². The summed E-state index contributed by atoms with van der Waals surface area (Å²) in [4.78, 5) is 11.6. The lowest BCUT2D eigenvalue weighted by molar-refractivity contribution is -0.130. The van der Waals surface area contributed by atoms with Gasteiger partial charge in [-0.25, -0.2) is 4.79 Å². The molecular weight excluding hydrogens is 284 g/mol. The van der Waals surface area contributed by atoms with Crippen molar-refractivity contribution in [2.45, 2.75) is 39.5 Å². The molecule has 0 heterocycles. The van der Waals surface area contributed by atoms with Gasteiger partial charge in [0.05, 0.1) is 0 Å². The Kier molecular flexibility index (Phi) is 5.05. The number of carbonyl (C=O) groups excluding carboxylic acids is 1. The van der Waals surface area contributed by atoms with Gasteiger partial charge in [-0.3, -0.25) is 0 Å². The third-order valence-corrected chi connectivity index (χ3v) is 4.45. The van der Waals surface area contributed by atoms with E-state index < -0.39 is 5.97 Å². The maximum atomic E-state index is 11.6. The third-order valence-electron chi connectivity index (χ3n) is 4.45. The number of hydrogen-bond acceptors (Lipinski definition) is 2. The Morgan fingerprint density at radius 1 is 1.04 bits per heavy atom. The first-order valence-corrected chi connectivity index (χ1v) is 7.92. The van der Waals surface area contributed by atoms with Crippen molar-refractivity contribution in [3.05, 3.63) is 77.4 Å². The van der Waals surface area contributed by atoms with E-state index in [9.17, 15) is 4.79 Å². The molecule has 0 bridgehead atoms. The van der Waals surface area contributed by atoms with Crippen LogP contribution in [0.3, 0.4) is 0 Å². The van der Waals surface area contributed by atoms with Crippen LogP contribution >= 0.6 is 0 Å². The van der Waals surface area contributed by atoms with E-state index in [-0.39, 0.29) is 5.41 Å². The van der Waals surface area contributed by atoms with Crippen LogP contribution in [0.2, 0.25) is 0 Å². The number of carbonyl (C=O) groups is 1. The highest BCUT2D eigenvalue weighted by Crippen LogP contribution is 2.36. The predicted octanol–water partition coefficient (Wildman–Crippen LogP) is 5.19. The van der Waals surface area contributed by atoms with Crippen molar-refractivity contribution in [1.29, 1.82) is 0 Å². The first-order chi connectivity index (χ1) is 10.9. The minimum atomic E-state index is -0.394. The van der Waals surface area contributed by atoms with E-state index in [1.165, 1.54) is 16.7 Å². The Balaban J connectivity index is 2.29. The number of benzene rings is 2. The maximum absolute atomic E-state index is 11.6. The van der Waals surface area contributed by atoms with Crippen LogP contribution in [-0.2, 0) is 10.2 Å². The molecule has 0 aliphatic carbocycles. The molecule has 1 unspecified atom stereocenters. The highest BCUT2D eigenvalue weighted by molar-refractivity contribution is 5.88. The number of rotatable bonds is 5. The number of hydrogen-bond donors (Lipinski definition) is 0. The minimum absolute atomic E-state index is 0.0649. The quantitative estimate of drug-likeness (QED) is 0.431. The molecule has 2 nitrogen and oxygen atoms in total. The number of esters is 1. The molecule has 0 fully saturated rings. The van der Waals surface area contributed by atoms with Crippen molar-refractivity contribution in [1.82, 2.24) is 0 Å². The molecule has 23 heavy (non-hydrogen) atoms. The van der Waals surface area contributed by atoms with Crippen LogP contribution in [0.25, 0.3) is 0 Å². The molecule has 0 saturated carbocycles. The maximum Gasteiger partial charge on any atom is 0.338 e. The molecule has 0 radical (unpaired) electrons. The minimum Gasteiger partial charge on any atom is -0.423 e. The average Bonchev–Trinajstić information content (AvgIpc) is 2.55. The Hall–Kier alpha value is -2.35. The summed E-state index contributed by atoms with van der Waals surface area (Å²) in [5, 5.41) is 0. The van der Waals surface area contributed by atoms with Crippen molar-refractivity contribution < 1.29 is 9.53 Å². The van der Waals surface area contributed by atoms with E-state index in [0.29, 0.717) is 11.3 Å². The monoisotopic (exact) mass is 308 g/mol. The Bertz CT molecular complexity index is 696. The van der Waals surface area contributed by atoms with Crippen LogP contribution in [0, 0.1) is 6.92 Å². The standard InChI is InChI=1S/C21H24O2/c1-6-21(5,17-9-7-16(4)8-10-17)18-11-13-19(14-12-18)23-20(22)15(2)3/h7-14H,2,6H2,1,3-5H3. The molecule has 2 aromatic rings. The van der Waals surface area contributed by atoms with Gasteiger partial charge < -0.3 is 4.74 Å². The van der Waals surface area contributed by atoms with Crippen molar-refractivity contribution in [3.63, 3.8) is 0 Å². The molecule has 0 saturated heterocycles. The van der Waals surface area contributed by atoms with Crippen molar-refractivity contribution >= 4 is 5.97 Å². The van der Waals surface area contributed by atoms with Gasteiger partial charge in [0.25, 0.3) is 0 Å². The summed E-state index contributed by atoms with van der Waals surface area (Å²) >= 11 is 0. The van der Waals surface area contributed by atoms with Crippen molar-refractivity contribution in [2.24, 2.45) is 0 Å². The smallest absolute Gasteiger partial charge is 0.338 e. The van der Waals surface area contributed by atoms with Gasteiger partial charge in [-0.15, -0.1) is 0 Å². The van der Waals surface area contributed by atoms with Crippen LogP contribution in [0.15, 0.2) is 60.7 Å². The van der Waals surface area contributed by atoms with Crippen LogP contribution in [-0.4, -0.2) is 5.97 Å². The summed E-state index contributed by atoms with van der Waals surface area (Å²) < 4.78 is 5.26. The Morgan fingerprint density at radius 3 is 1.96 bits per heavy atom. The molecule has 0 aliphatic rings. The van der Waals surface area contributed by atoms with Gasteiger partial charge in [0.2, 0.25) is 0 Å². The van der Waals surface area contributed by atoms with Crippen molar-refractivity contribution in [2.75, 3.05) is 0 Å². The normalized spacial score (nSPS) is 13.2. The van der Waals surface area contributed by atoms with E-state index in [0.717, 1.165) is 6.42 Å². The van der Waals surface area contributed by atoms with E-state index in [2.05, 4.69) is 51.6 Å². The first-order valence-electron chi connectivity index (χ1n) is 7.92. The lowest BCUT2D eigenvalue weighted by Gasteiger charge is -2.30. The Morgan fingerprint density at radius 2 is 1.52 bits per heavy atom. The Labute approximate surface area is 138 Å². The van der Waals surface area contributed by atoms with Crippen LogP contribution in [0.4, 0.5) is 0 Å². The summed E-state index contributed by atoms with van der Waals surface area (Å²) in [7, 11) is 0. The molecule has 2 heteroatoms. The molecule has 0 spiro atoms. The summed E-state index contributed by atoms with van der Waals surface area (Å²) in [6.45, 7) is 11.8. The zero-order valence-electron chi connectivity index (χ0n) is 14.3. The fourth-order valence-corrected chi connectivity index (χ4v) is 2.58. The largest absolute Gasteiger partial charge is 0.423 e. The van der Waals surface area contributed by atoms with E-state index in [1.54, 1.807) is 6.92 Å². The van der Waals surface area contributed by atoms with Crippen LogP contribution < -0.4 is 4.74 Å². The molecular formula is C21H24O2. The molecule has 0 N–H and O–H groups in total. The van der Waals surface area contributed by atoms with Gasteiger partial charge in [-0.05, 0) is 43.5 Å². The molecule has 0 amide bonds. The summed E-state index contributed by atoms with van der Waals surface area (Å²) in [5.74, 6) is 0.152. The zero-order chi connectivity index (χ0) is 17.0. The van der Waals surface area contributed by atoms with E-state index in [1.807, 2.05) is 24.3 Å². The van der Waals surface area contributed by atoms with Crippen LogP contribution in [0.5, 0.6) is 5.75 Å². The van der Waals surface area contributed by atoms with Gasteiger partial charge in [0.15, 0.2) is 0 Å². The summed E-state index contributed by atoms with van der Waals surface area (Å²) in [5.41, 5.74) is 4.09. The molecule has 1 atom stereocenters. The zero-order valence-corrected chi connectivity index (χ0v) is 14.3. The highest BCUT2D eigenvalue weighted by atomic mass is 16.5. The lowest BCUT2D eigenvalue weighted by atomic mass is 9.74.